The predicted octanol–water partition coefficient (Wildman–Crippen LogP) is 3.38. The molecule has 0 fully saturated rings. The van der Waals surface area contributed by atoms with Gasteiger partial charge in [-0.25, -0.2) is 9.18 Å². The average molecular weight is 333 g/mol. The number of carbonyl (C=O) groups excluding carboxylic acids is 1. The first-order chi connectivity index (χ1) is 8.60. The minimum Gasteiger partial charge on any atom is -0.444 e. The largest absolute Gasteiger partial charge is 0.444 e. The lowest BCUT2D eigenvalue weighted by Crippen LogP contribution is -2.38. The molecule has 0 aromatic heterocycles. The number of hydrogen-bond donors (Lipinski definition) is 2. The van der Waals surface area contributed by atoms with Crippen molar-refractivity contribution in [2.24, 2.45) is 5.73 Å². The van der Waals surface area contributed by atoms with Crippen LogP contribution in [0.5, 0.6) is 0 Å². The van der Waals surface area contributed by atoms with Crippen molar-refractivity contribution in [3.8, 4) is 0 Å². The third kappa shape index (κ3) is 4.80. The van der Waals surface area contributed by atoms with E-state index in [4.69, 9.17) is 10.5 Å². The van der Waals surface area contributed by atoms with Gasteiger partial charge < -0.3 is 15.8 Å². The van der Waals surface area contributed by atoms with Crippen molar-refractivity contribution >= 4 is 22.0 Å². The molecule has 0 saturated carbocycles. The fraction of sp³-hybridized carbons (Fsp3) is 0.462. The molecule has 0 aliphatic rings. The van der Waals surface area contributed by atoms with E-state index in [0.717, 1.165) is 5.56 Å². The van der Waals surface area contributed by atoms with E-state index >= 15 is 0 Å². The van der Waals surface area contributed by atoms with E-state index in [1.54, 1.807) is 27.7 Å². The first-order valence-corrected chi connectivity index (χ1v) is 6.60. The van der Waals surface area contributed by atoms with Gasteiger partial charge in [-0.2, -0.15) is 0 Å². The molecule has 1 aromatic rings. The molecule has 106 valence electrons. The monoisotopic (exact) mass is 332 g/mol. The Balaban J connectivity index is 2.84. The zero-order valence-electron chi connectivity index (χ0n) is 11.4. The van der Waals surface area contributed by atoms with Crippen LogP contribution in [0, 0.1) is 12.7 Å². The number of rotatable bonds is 2. The van der Waals surface area contributed by atoms with Gasteiger partial charge in [-0.3, -0.25) is 0 Å². The van der Waals surface area contributed by atoms with E-state index in [0.29, 0.717) is 10.0 Å². The quantitative estimate of drug-likeness (QED) is 0.816. The van der Waals surface area contributed by atoms with E-state index in [1.165, 1.54) is 12.1 Å². The Morgan fingerprint density at radius 1 is 1.47 bits per heavy atom. The highest BCUT2D eigenvalue weighted by Crippen LogP contribution is 2.24. The summed E-state index contributed by atoms with van der Waals surface area (Å²) in [6, 6.07) is 2.64. The number of nitrogens with two attached hydrogens (primary N) is 1. The lowest BCUT2D eigenvalue weighted by Gasteiger charge is -2.23. The Labute approximate surface area is 120 Å². The number of alkyl carbamates (subject to hydrolysis) is 1. The Kier molecular flexibility index (Phi) is 4.92. The van der Waals surface area contributed by atoms with Gasteiger partial charge in [-0.05, 0) is 51.0 Å². The second-order valence-corrected chi connectivity index (χ2v) is 6.08. The Bertz CT molecular complexity index is 486. The van der Waals surface area contributed by atoms with Crippen LogP contribution in [0.4, 0.5) is 9.18 Å². The molecule has 0 aliphatic heterocycles. The Hall–Kier alpha value is -1.14. The highest BCUT2D eigenvalue weighted by molar-refractivity contribution is 9.10. The molecule has 1 atom stereocenters. The molecule has 0 bridgehead atoms. The summed E-state index contributed by atoms with van der Waals surface area (Å²) >= 11 is 3.24. The maximum absolute atomic E-state index is 13.3. The predicted molar refractivity (Wildman–Crippen MR) is 75.1 cm³/mol. The lowest BCUT2D eigenvalue weighted by atomic mass is 10.1. The molecule has 0 heterocycles. The number of hydrogen-bond acceptors (Lipinski definition) is 3. The number of nitrogens with one attached hydrogen (secondary N) is 1. The molecule has 0 spiro atoms. The van der Waals surface area contributed by atoms with Gasteiger partial charge in [0, 0.05) is 4.47 Å². The summed E-state index contributed by atoms with van der Waals surface area (Å²) in [7, 11) is 0. The molecule has 19 heavy (non-hydrogen) atoms. The first kappa shape index (κ1) is 15.9. The van der Waals surface area contributed by atoms with E-state index in [1.807, 2.05) is 0 Å². The van der Waals surface area contributed by atoms with Crippen molar-refractivity contribution < 1.29 is 13.9 Å². The maximum atomic E-state index is 13.3. The molecule has 3 N–H and O–H groups in total. The Morgan fingerprint density at radius 2 is 2.05 bits per heavy atom. The summed E-state index contributed by atoms with van der Waals surface area (Å²) in [6.45, 7) is 7.04. The molecule has 6 heteroatoms. The molecule has 0 unspecified atom stereocenters. The fourth-order valence-electron chi connectivity index (χ4n) is 1.50. The third-order valence-electron chi connectivity index (χ3n) is 2.36. The molecule has 1 rings (SSSR count). The normalized spacial score (nSPS) is 13.0. The molecule has 0 aliphatic carbocycles. The van der Waals surface area contributed by atoms with Gasteiger partial charge in [-0.1, -0.05) is 15.9 Å². The summed E-state index contributed by atoms with van der Waals surface area (Å²) in [5, 5.41) is 2.48. The molecule has 1 amide bonds. The van der Waals surface area contributed by atoms with E-state index in [-0.39, 0.29) is 0 Å². The molecular weight excluding hydrogens is 315 g/mol. The third-order valence-corrected chi connectivity index (χ3v) is 3.18. The van der Waals surface area contributed by atoms with Gasteiger partial charge in [0.1, 0.15) is 17.6 Å². The number of benzene rings is 1. The summed E-state index contributed by atoms with van der Waals surface area (Å²) in [4.78, 5) is 11.6. The molecule has 0 radical (unpaired) electrons. The molecule has 1 aromatic carbocycles. The van der Waals surface area contributed by atoms with Crippen molar-refractivity contribution in [2.45, 2.75) is 39.5 Å². The van der Waals surface area contributed by atoms with Gasteiger partial charge in [-0.15, -0.1) is 0 Å². The van der Waals surface area contributed by atoms with E-state index < -0.39 is 23.7 Å². The summed E-state index contributed by atoms with van der Waals surface area (Å²) in [5.41, 5.74) is 6.51. The van der Waals surface area contributed by atoms with Crippen molar-refractivity contribution in [3.05, 3.63) is 33.5 Å². The van der Waals surface area contributed by atoms with Crippen LogP contribution >= 0.6 is 15.9 Å². The number of halogens is 2. The highest BCUT2D eigenvalue weighted by atomic mass is 79.9. The van der Waals surface area contributed by atoms with Crippen LogP contribution in [-0.4, -0.2) is 11.7 Å². The molecular formula is C13H18BrFN2O2. The minimum absolute atomic E-state index is 0.422. The van der Waals surface area contributed by atoms with Gasteiger partial charge in [0.2, 0.25) is 0 Å². The van der Waals surface area contributed by atoms with Gasteiger partial charge in [0.05, 0.1) is 0 Å². The van der Waals surface area contributed by atoms with Crippen LogP contribution < -0.4 is 11.1 Å². The van der Waals surface area contributed by atoms with Crippen molar-refractivity contribution in [1.82, 2.24) is 5.32 Å². The Morgan fingerprint density at radius 3 is 2.58 bits per heavy atom. The summed E-state index contributed by atoms with van der Waals surface area (Å²) in [6.07, 6.45) is -1.47. The number of ether oxygens (including phenoxy) is 1. The summed E-state index contributed by atoms with van der Waals surface area (Å²) < 4.78 is 19.0. The highest BCUT2D eigenvalue weighted by Gasteiger charge is 2.20. The zero-order valence-corrected chi connectivity index (χ0v) is 13.0. The topological polar surface area (TPSA) is 64.3 Å². The molecule has 4 nitrogen and oxygen atoms in total. The van der Waals surface area contributed by atoms with Crippen LogP contribution in [0.25, 0.3) is 0 Å². The minimum atomic E-state index is -0.832. The van der Waals surface area contributed by atoms with Crippen molar-refractivity contribution in [1.29, 1.82) is 0 Å². The fourth-order valence-corrected chi connectivity index (χ4v) is 1.95. The van der Waals surface area contributed by atoms with E-state index in [9.17, 15) is 9.18 Å². The van der Waals surface area contributed by atoms with Gasteiger partial charge in [0.25, 0.3) is 0 Å². The smallest absolute Gasteiger partial charge is 0.409 e. The first-order valence-electron chi connectivity index (χ1n) is 5.81. The number of carbonyl (C=O) groups is 1. The van der Waals surface area contributed by atoms with Crippen LogP contribution in [0.3, 0.4) is 0 Å². The lowest BCUT2D eigenvalue weighted by molar-refractivity contribution is 0.0505. The van der Waals surface area contributed by atoms with Crippen molar-refractivity contribution in [2.75, 3.05) is 0 Å². The van der Waals surface area contributed by atoms with Gasteiger partial charge >= 0.3 is 6.09 Å². The maximum Gasteiger partial charge on any atom is 0.409 e. The standard InChI is InChI=1S/C13H18BrFN2O2/c1-7-9(5-8(15)6-10(7)14)11(16)17-12(18)19-13(2,3)4/h5-6,11H,16H2,1-4H3,(H,17,18)/t11-/m0/s1. The van der Waals surface area contributed by atoms with Crippen LogP contribution in [-0.2, 0) is 4.74 Å². The SMILES string of the molecule is Cc1c(Br)cc(F)cc1[C@@H](N)NC(=O)OC(C)(C)C. The zero-order chi connectivity index (χ0) is 14.8. The second kappa shape index (κ2) is 5.88. The van der Waals surface area contributed by atoms with Crippen molar-refractivity contribution in [3.63, 3.8) is 0 Å². The van der Waals surface area contributed by atoms with E-state index in [2.05, 4.69) is 21.2 Å². The van der Waals surface area contributed by atoms with Crippen LogP contribution in [0.2, 0.25) is 0 Å². The van der Waals surface area contributed by atoms with Crippen LogP contribution in [0.1, 0.15) is 38.1 Å². The average Bonchev–Trinajstić information content (AvgIpc) is 2.20. The van der Waals surface area contributed by atoms with Crippen LogP contribution in [0.15, 0.2) is 16.6 Å². The molecule has 0 saturated heterocycles. The second-order valence-electron chi connectivity index (χ2n) is 5.23. The summed E-state index contributed by atoms with van der Waals surface area (Å²) in [5.74, 6) is -0.422. The number of amides is 1. The van der Waals surface area contributed by atoms with Gasteiger partial charge in [0.15, 0.2) is 0 Å².